The molecule has 0 aliphatic carbocycles. The maximum Gasteiger partial charge on any atom is 0.337 e. The predicted octanol–water partition coefficient (Wildman–Crippen LogP) is 4.43. The molecule has 2 aromatic rings. The number of aryl methyl sites for hydroxylation is 1. The van der Waals surface area contributed by atoms with Crippen LogP contribution in [0.5, 0.6) is 0 Å². The third kappa shape index (κ3) is 3.51. The van der Waals surface area contributed by atoms with E-state index in [0.29, 0.717) is 0 Å². The SMILES string of the molecule is O=C(O)c1cc(SCCc2ccsc2)ccc1Cl. The number of rotatable bonds is 5. The van der Waals surface area contributed by atoms with E-state index in [4.69, 9.17) is 16.7 Å². The first-order chi connectivity index (χ1) is 8.66. The molecule has 0 radical (unpaired) electrons. The van der Waals surface area contributed by atoms with Crippen molar-refractivity contribution in [1.29, 1.82) is 0 Å². The fraction of sp³-hybridized carbons (Fsp3) is 0.154. The Morgan fingerprint density at radius 2 is 2.22 bits per heavy atom. The molecule has 0 aliphatic rings. The third-order valence-electron chi connectivity index (χ3n) is 2.41. The minimum atomic E-state index is -0.986. The van der Waals surface area contributed by atoms with E-state index in [-0.39, 0.29) is 10.6 Å². The lowest BCUT2D eigenvalue weighted by molar-refractivity contribution is 0.0697. The van der Waals surface area contributed by atoms with Gasteiger partial charge in [0.1, 0.15) is 0 Å². The number of aromatic carboxylic acids is 1. The van der Waals surface area contributed by atoms with Crippen LogP contribution in [0.2, 0.25) is 5.02 Å². The van der Waals surface area contributed by atoms with Crippen molar-refractivity contribution >= 4 is 40.7 Å². The lowest BCUT2D eigenvalue weighted by Gasteiger charge is -2.04. The maximum absolute atomic E-state index is 10.9. The van der Waals surface area contributed by atoms with Crippen molar-refractivity contribution in [2.24, 2.45) is 0 Å². The summed E-state index contributed by atoms with van der Waals surface area (Å²) >= 11 is 9.15. The van der Waals surface area contributed by atoms with Crippen LogP contribution >= 0.6 is 34.7 Å². The zero-order valence-electron chi connectivity index (χ0n) is 9.43. The molecule has 94 valence electrons. The molecule has 0 amide bonds. The lowest BCUT2D eigenvalue weighted by atomic mass is 10.2. The van der Waals surface area contributed by atoms with Gasteiger partial charge in [-0.05, 0) is 47.0 Å². The van der Waals surface area contributed by atoms with Gasteiger partial charge in [-0.15, -0.1) is 11.8 Å². The van der Waals surface area contributed by atoms with Crippen molar-refractivity contribution < 1.29 is 9.90 Å². The van der Waals surface area contributed by atoms with Crippen LogP contribution < -0.4 is 0 Å². The summed E-state index contributed by atoms with van der Waals surface area (Å²) in [7, 11) is 0. The van der Waals surface area contributed by atoms with E-state index in [2.05, 4.69) is 16.8 Å². The van der Waals surface area contributed by atoms with Crippen LogP contribution in [0.25, 0.3) is 0 Å². The summed E-state index contributed by atoms with van der Waals surface area (Å²) in [5, 5.41) is 13.4. The van der Waals surface area contributed by atoms with Gasteiger partial charge < -0.3 is 5.11 Å². The number of halogens is 1. The topological polar surface area (TPSA) is 37.3 Å². The Balaban J connectivity index is 1.97. The van der Waals surface area contributed by atoms with E-state index in [1.165, 1.54) is 5.56 Å². The van der Waals surface area contributed by atoms with E-state index in [9.17, 15) is 4.79 Å². The number of hydrogen-bond donors (Lipinski definition) is 1. The monoisotopic (exact) mass is 298 g/mol. The first-order valence-corrected chi connectivity index (χ1v) is 7.64. The van der Waals surface area contributed by atoms with Gasteiger partial charge in [0, 0.05) is 10.6 Å². The molecule has 0 spiro atoms. The number of carboxylic acid groups (broad SMARTS) is 1. The van der Waals surface area contributed by atoms with Crippen LogP contribution in [-0.4, -0.2) is 16.8 Å². The molecule has 1 N–H and O–H groups in total. The summed E-state index contributed by atoms with van der Waals surface area (Å²) in [6, 6.07) is 7.23. The van der Waals surface area contributed by atoms with E-state index in [0.717, 1.165) is 17.1 Å². The molecule has 0 unspecified atom stereocenters. The highest BCUT2D eigenvalue weighted by Crippen LogP contribution is 2.25. The molecule has 0 atom stereocenters. The average Bonchev–Trinajstić information content (AvgIpc) is 2.84. The van der Waals surface area contributed by atoms with Crippen LogP contribution in [0.4, 0.5) is 0 Å². The van der Waals surface area contributed by atoms with Gasteiger partial charge >= 0.3 is 5.97 Å². The molecule has 0 saturated heterocycles. The van der Waals surface area contributed by atoms with E-state index in [1.54, 1.807) is 35.2 Å². The third-order valence-corrected chi connectivity index (χ3v) is 4.46. The fourth-order valence-electron chi connectivity index (χ4n) is 1.48. The van der Waals surface area contributed by atoms with Gasteiger partial charge in [0.15, 0.2) is 0 Å². The number of carboxylic acids is 1. The predicted molar refractivity (Wildman–Crippen MR) is 77.2 cm³/mol. The molecule has 2 rings (SSSR count). The number of hydrogen-bond acceptors (Lipinski definition) is 3. The summed E-state index contributed by atoms with van der Waals surface area (Å²) in [4.78, 5) is 11.9. The molecule has 1 aromatic heterocycles. The minimum absolute atomic E-state index is 0.164. The molecule has 0 saturated carbocycles. The first-order valence-electron chi connectivity index (χ1n) is 5.33. The van der Waals surface area contributed by atoms with Crippen molar-refractivity contribution in [3.05, 3.63) is 51.2 Å². The highest BCUT2D eigenvalue weighted by atomic mass is 35.5. The highest BCUT2D eigenvalue weighted by molar-refractivity contribution is 7.99. The first kappa shape index (κ1) is 13.5. The van der Waals surface area contributed by atoms with Crippen LogP contribution in [0.3, 0.4) is 0 Å². The molecular formula is C13H11ClO2S2. The van der Waals surface area contributed by atoms with Gasteiger partial charge in [-0.1, -0.05) is 11.6 Å². The Kier molecular flexibility index (Phi) is 4.69. The van der Waals surface area contributed by atoms with Gasteiger partial charge in [-0.25, -0.2) is 4.79 Å². The Bertz CT molecular complexity index is 538. The molecule has 1 heterocycles. The Morgan fingerprint density at radius 3 is 2.89 bits per heavy atom. The van der Waals surface area contributed by atoms with E-state index < -0.39 is 5.97 Å². The zero-order valence-corrected chi connectivity index (χ0v) is 11.8. The quantitative estimate of drug-likeness (QED) is 0.830. The zero-order chi connectivity index (χ0) is 13.0. The van der Waals surface area contributed by atoms with E-state index >= 15 is 0 Å². The summed E-state index contributed by atoms with van der Waals surface area (Å²) in [5.74, 6) is -0.0578. The average molecular weight is 299 g/mol. The van der Waals surface area contributed by atoms with Crippen LogP contribution in [0, 0.1) is 0 Å². The highest BCUT2D eigenvalue weighted by Gasteiger charge is 2.09. The second-order valence-corrected chi connectivity index (χ2v) is 6.03. The standard InChI is InChI=1S/C13H11ClO2S2/c14-12-2-1-10(7-11(12)13(15)16)18-6-4-9-3-5-17-8-9/h1-3,5,7-8H,4,6H2,(H,15,16). The summed E-state index contributed by atoms with van der Waals surface area (Å²) in [6.07, 6.45) is 0.985. The normalized spacial score (nSPS) is 10.5. The molecule has 18 heavy (non-hydrogen) atoms. The summed E-state index contributed by atoms with van der Waals surface area (Å²) < 4.78 is 0. The maximum atomic E-state index is 10.9. The van der Waals surface area contributed by atoms with Crippen LogP contribution in [-0.2, 0) is 6.42 Å². The molecule has 0 bridgehead atoms. The second kappa shape index (κ2) is 6.27. The minimum Gasteiger partial charge on any atom is -0.478 e. The van der Waals surface area contributed by atoms with Gasteiger partial charge in [0.2, 0.25) is 0 Å². The molecule has 5 heteroatoms. The Labute approximate surface area is 119 Å². The molecule has 1 aromatic carbocycles. The Morgan fingerprint density at radius 1 is 1.39 bits per heavy atom. The van der Waals surface area contributed by atoms with Gasteiger partial charge in [0.05, 0.1) is 10.6 Å². The number of benzene rings is 1. The van der Waals surface area contributed by atoms with Crippen molar-refractivity contribution in [2.45, 2.75) is 11.3 Å². The van der Waals surface area contributed by atoms with Crippen molar-refractivity contribution in [3.63, 3.8) is 0 Å². The van der Waals surface area contributed by atoms with Crippen LogP contribution in [0.1, 0.15) is 15.9 Å². The number of thiophene rings is 1. The van der Waals surface area contributed by atoms with Crippen molar-refractivity contribution in [2.75, 3.05) is 5.75 Å². The van der Waals surface area contributed by atoms with E-state index in [1.807, 2.05) is 6.07 Å². The lowest BCUT2D eigenvalue weighted by Crippen LogP contribution is -1.97. The number of carbonyl (C=O) groups is 1. The van der Waals surface area contributed by atoms with Crippen molar-refractivity contribution in [3.8, 4) is 0 Å². The van der Waals surface area contributed by atoms with Gasteiger partial charge in [-0.2, -0.15) is 11.3 Å². The number of thioether (sulfide) groups is 1. The fourth-order valence-corrected chi connectivity index (χ4v) is 3.32. The molecule has 0 aliphatic heterocycles. The molecule has 0 fully saturated rings. The largest absolute Gasteiger partial charge is 0.478 e. The summed E-state index contributed by atoms with van der Waals surface area (Å²) in [5.41, 5.74) is 1.48. The Hall–Kier alpha value is -0.970. The van der Waals surface area contributed by atoms with Gasteiger partial charge in [-0.3, -0.25) is 0 Å². The summed E-state index contributed by atoms with van der Waals surface area (Å²) in [6.45, 7) is 0. The second-order valence-electron chi connectivity index (χ2n) is 3.68. The van der Waals surface area contributed by atoms with Crippen molar-refractivity contribution in [1.82, 2.24) is 0 Å². The molecular weight excluding hydrogens is 288 g/mol. The smallest absolute Gasteiger partial charge is 0.337 e. The van der Waals surface area contributed by atoms with Crippen LogP contribution in [0.15, 0.2) is 39.9 Å². The molecule has 2 nitrogen and oxygen atoms in total. The van der Waals surface area contributed by atoms with Gasteiger partial charge in [0.25, 0.3) is 0 Å².